The van der Waals surface area contributed by atoms with Crippen molar-refractivity contribution in [3.63, 3.8) is 0 Å². The third kappa shape index (κ3) is 3.73. The Hall–Kier alpha value is -6.12. The van der Waals surface area contributed by atoms with Crippen LogP contribution in [0.1, 0.15) is 22.3 Å². The molecule has 0 radical (unpaired) electrons. The van der Waals surface area contributed by atoms with E-state index in [1.807, 2.05) is 0 Å². The third-order valence-corrected chi connectivity index (χ3v) is 10.1. The Labute approximate surface area is 273 Å². The SMILES string of the molecule is c1ccc2c(c1)Oc1ccccc1C21c2ccccc2-c2ccc(N(c3ccc4ccccc4c3)c3ccc4ccccc4c3)cc21. The van der Waals surface area contributed by atoms with E-state index >= 15 is 0 Å². The first-order chi connectivity index (χ1) is 23.3. The highest BCUT2D eigenvalue weighted by Crippen LogP contribution is 2.62. The summed E-state index contributed by atoms with van der Waals surface area (Å²) in [5.74, 6) is 1.81. The summed E-state index contributed by atoms with van der Waals surface area (Å²) in [7, 11) is 0. The normalized spacial score (nSPS) is 13.4. The van der Waals surface area contributed by atoms with Crippen LogP contribution >= 0.6 is 0 Å². The Morgan fingerprint density at radius 3 is 1.40 bits per heavy atom. The molecule has 0 unspecified atom stereocenters. The Kier molecular flexibility index (Phi) is 5.53. The molecule has 0 atom stereocenters. The van der Waals surface area contributed by atoms with Gasteiger partial charge in [0, 0.05) is 28.2 Å². The van der Waals surface area contributed by atoms with E-state index < -0.39 is 5.41 Å². The molecule has 1 aliphatic heterocycles. The van der Waals surface area contributed by atoms with Crippen LogP contribution in [0.3, 0.4) is 0 Å². The number of rotatable bonds is 3. The van der Waals surface area contributed by atoms with Crippen molar-refractivity contribution in [2.45, 2.75) is 5.41 Å². The summed E-state index contributed by atoms with van der Waals surface area (Å²) in [5, 5.41) is 4.89. The second-order valence-corrected chi connectivity index (χ2v) is 12.5. The van der Waals surface area contributed by atoms with Gasteiger partial charge in [-0.15, -0.1) is 0 Å². The van der Waals surface area contributed by atoms with E-state index in [0.29, 0.717) is 0 Å². The molecule has 47 heavy (non-hydrogen) atoms. The Morgan fingerprint density at radius 2 is 0.787 bits per heavy atom. The van der Waals surface area contributed by atoms with Crippen LogP contribution in [0.25, 0.3) is 32.7 Å². The van der Waals surface area contributed by atoms with Crippen LogP contribution in [0.4, 0.5) is 17.1 Å². The van der Waals surface area contributed by atoms with Crippen molar-refractivity contribution >= 4 is 38.6 Å². The summed E-state index contributed by atoms with van der Waals surface area (Å²) in [6.45, 7) is 0. The minimum atomic E-state index is -0.522. The highest BCUT2D eigenvalue weighted by Gasteiger charge is 2.51. The van der Waals surface area contributed by atoms with E-state index in [1.54, 1.807) is 0 Å². The zero-order valence-corrected chi connectivity index (χ0v) is 25.6. The first-order valence-electron chi connectivity index (χ1n) is 16.2. The van der Waals surface area contributed by atoms with Crippen LogP contribution in [-0.4, -0.2) is 0 Å². The number of fused-ring (bicyclic) bond motifs is 11. The molecule has 8 aromatic rings. The van der Waals surface area contributed by atoms with E-state index in [0.717, 1.165) is 28.6 Å². The van der Waals surface area contributed by atoms with Crippen molar-refractivity contribution < 1.29 is 4.74 Å². The zero-order chi connectivity index (χ0) is 31.0. The van der Waals surface area contributed by atoms with Crippen molar-refractivity contribution in [1.29, 1.82) is 0 Å². The van der Waals surface area contributed by atoms with Crippen LogP contribution in [0.15, 0.2) is 176 Å². The molecular weight excluding hydrogens is 571 g/mol. The second-order valence-electron chi connectivity index (χ2n) is 12.5. The summed E-state index contributed by atoms with van der Waals surface area (Å²) < 4.78 is 6.58. The number of benzene rings is 8. The topological polar surface area (TPSA) is 12.5 Å². The molecule has 0 bridgehead atoms. The number of nitrogens with zero attached hydrogens (tertiary/aromatic N) is 1. The number of anilines is 3. The fraction of sp³-hybridized carbons (Fsp3) is 0.0222. The molecule has 1 aliphatic carbocycles. The third-order valence-electron chi connectivity index (χ3n) is 10.1. The van der Waals surface area contributed by atoms with Gasteiger partial charge in [0.1, 0.15) is 11.5 Å². The average Bonchev–Trinajstić information content (AvgIpc) is 3.42. The molecule has 1 heterocycles. The average molecular weight is 600 g/mol. The van der Waals surface area contributed by atoms with E-state index in [9.17, 15) is 0 Å². The van der Waals surface area contributed by atoms with Gasteiger partial charge in [-0.2, -0.15) is 0 Å². The Bertz CT molecular complexity index is 2400. The first-order valence-corrected chi connectivity index (χ1v) is 16.2. The summed E-state index contributed by atoms with van der Waals surface area (Å²) in [6.07, 6.45) is 0. The lowest BCUT2D eigenvalue weighted by atomic mass is 9.66. The van der Waals surface area contributed by atoms with E-state index in [2.05, 4.69) is 181 Å². The van der Waals surface area contributed by atoms with E-state index in [-0.39, 0.29) is 0 Å². The van der Waals surface area contributed by atoms with Gasteiger partial charge in [0.25, 0.3) is 0 Å². The standard InChI is InChI=1S/C45H29NO/c1-3-13-32-27-34(23-21-30(32)11-1)46(35-24-22-31-12-2-4-14-33(31)28-35)36-25-26-38-37-15-5-6-16-39(37)45(42(38)29-36)40-17-7-9-19-43(40)47-44-20-10-8-18-41(44)45/h1-29H. The smallest absolute Gasteiger partial charge is 0.132 e. The molecule has 2 aliphatic rings. The van der Waals surface area contributed by atoms with Gasteiger partial charge in [-0.3, -0.25) is 0 Å². The summed E-state index contributed by atoms with van der Waals surface area (Å²) in [5.41, 5.74) is 10.3. The van der Waals surface area contributed by atoms with Crippen molar-refractivity contribution in [2.24, 2.45) is 0 Å². The molecule has 10 rings (SSSR count). The maximum atomic E-state index is 6.58. The molecule has 2 nitrogen and oxygen atoms in total. The van der Waals surface area contributed by atoms with Gasteiger partial charge in [-0.1, -0.05) is 127 Å². The van der Waals surface area contributed by atoms with Gasteiger partial charge < -0.3 is 9.64 Å². The minimum Gasteiger partial charge on any atom is -0.457 e. The number of hydrogen-bond acceptors (Lipinski definition) is 2. The van der Waals surface area contributed by atoms with Crippen molar-refractivity contribution in [3.8, 4) is 22.6 Å². The van der Waals surface area contributed by atoms with Crippen molar-refractivity contribution in [1.82, 2.24) is 0 Å². The van der Waals surface area contributed by atoms with Gasteiger partial charge in [-0.05, 0) is 92.3 Å². The van der Waals surface area contributed by atoms with Crippen LogP contribution in [0.5, 0.6) is 11.5 Å². The summed E-state index contributed by atoms with van der Waals surface area (Å²) >= 11 is 0. The van der Waals surface area contributed by atoms with Crippen LogP contribution in [-0.2, 0) is 5.41 Å². The van der Waals surface area contributed by atoms with Crippen LogP contribution in [0, 0.1) is 0 Å². The highest BCUT2D eigenvalue weighted by molar-refractivity contribution is 5.95. The van der Waals surface area contributed by atoms with Gasteiger partial charge in [0.15, 0.2) is 0 Å². The zero-order valence-electron chi connectivity index (χ0n) is 25.6. The molecule has 220 valence electrons. The van der Waals surface area contributed by atoms with Crippen LogP contribution < -0.4 is 9.64 Å². The number of hydrogen-bond donors (Lipinski definition) is 0. The maximum absolute atomic E-state index is 6.58. The van der Waals surface area contributed by atoms with Crippen molar-refractivity contribution in [2.75, 3.05) is 4.90 Å². The first kappa shape index (κ1) is 26.1. The maximum Gasteiger partial charge on any atom is 0.132 e. The molecule has 8 aromatic carbocycles. The molecule has 0 N–H and O–H groups in total. The lowest BCUT2D eigenvalue weighted by Crippen LogP contribution is -2.32. The monoisotopic (exact) mass is 599 g/mol. The summed E-state index contributed by atoms with van der Waals surface area (Å²) in [4.78, 5) is 2.41. The highest BCUT2D eigenvalue weighted by atomic mass is 16.5. The Balaban J connectivity index is 1.27. The second kappa shape index (κ2) is 9.94. The fourth-order valence-corrected chi connectivity index (χ4v) is 8.06. The number of ether oxygens (including phenoxy) is 1. The van der Waals surface area contributed by atoms with Gasteiger partial charge in [-0.25, -0.2) is 0 Å². The molecule has 2 heteroatoms. The predicted molar refractivity (Wildman–Crippen MR) is 194 cm³/mol. The number of para-hydroxylation sites is 2. The fourth-order valence-electron chi connectivity index (χ4n) is 8.06. The lowest BCUT2D eigenvalue weighted by Gasteiger charge is -2.39. The minimum absolute atomic E-state index is 0.522. The quantitative estimate of drug-likeness (QED) is 0.200. The molecule has 0 saturated carbocycles. The summed E-state index contributed by atoms with van der Waals surface area (Å²) in [6, 6.07) is 63.8. The predicted octanol–water partition coefficient (Wildman–Crippen LogP) is 11.9. The van der Waals surface area contributed by atoms with E-state index in [1.165, 1.54) is 54.9 Å². The largest absolute Gasteiger partial charge is 0.457 e. The molecule has 0 saturated heterocycles. The van der Waals surface area contributed by atoms with Crippen molar-refractivity contribution in [3.05, 3.63) is 198 Å². The van der Waals surface area contributed by atoms with Crippen LogP contribution in [0.2, 0.25) is 0 Å². The molecule has 1 spiro atoms. The lowest BCUT2D eigenvalue weighted by molar-refractivity contribution is 0.436. The van der Waals surface area contributed by atoms with Gasteiger partial charge in [0.2, 0.25) is 0 Å². The molecule has 0 fully saturated rings. The van der Waals surface area contributed by atoms with Gasteiger partial charge >= 0.3 is 0 Å². The van der Waals surface area contributed by atoms with E-state index in [4.69, 9.17) is 4.74 Å². The molecule has 0 amide bonds. The molecule has 0 aromatic heterocycles. The molecular formula is C45H29NO. The van der Waals surface area contributed by atoms with Gasteiger partial charge in [0.05, 0.1) is 5.41 Å². The Morgan fingerprint density at radius 1 is 0.340 bits per heavy atom.